The Hall–Kier alpha value is -2.38. The fourth-order valence-corrected chi connectivity index (χ4v) is 5.88. The van der Waals surface area contributed by atoms with Crippen molar-refractivity contribution in [2.24, 2.45) is 0 Å². The Bertz CT molecular complexity index is 1020. The van der Waals surface area contributed by atoms with Gasteiger partial charge in [0.05, 0.1) is 8.07 Å². The monoisotopic (exact) mass is 326 g/mol. The van der Waals surface area contributed by atoms with Gasteiger partial charge in [0.1, 0.15) is 0 Å². The van der Waals surface area contributed by atoms with Gasteiger partial charge in [-0.25, -0.2) is 0 Å². The van der Waals surface area contributed by atoms with Crippen LogP contribution in [0.1, 0.15) is 0 Å². The quantitative estimate of drug-likeness (QED) is 0.304. The second-order valence-corrected chi connectivity index (χ2v) is 12.5. The first kappa shape index (κ1) is 15.2. The highest BCUT2D eigenvalue weighted by molar-refractivity contribution is 6.91. The molecule has 0 saturated heterocycles. The summed E-state index contributed by atoms with van der Waals surface area (Å²) in [7, 11) is -1.54. The molecule has 0 atom stereocenters. The van der Waals surface area contributed by atoms with Crippen LogP contribution in [0.15, 0.2) is 78.9 Å². The molecule has 0 unspecified atom stereocenters. The molecular weight excluding hydrogens is 304 g/mol. The molecule has 0 nitrogen and oxygen atoms in total. The minimum absolute atomic E-state index is 1.33. The maximum atomic E-state index is 2.45. The molecule has 0 heterocycles. The second-order valence-electron chi connectivity index (χ2n) is 7.46. The van der Waals surface area contributed by atoms with E-state index in [4.69, 9.17) is 0 Å². The third-order valence-corrected chi connectivity index (χ3v) is 6.76. The highest BCUT2D eigenvalue weighted by Crippen LogP contribution is 2.35. The molecule has 0 aliphatic rings. The zero-order chi connectivity index (χ0) is 16.7. The predicted molar refractivity (Wildman–Crippen MR) is 110 cm³/mol. The average molecular weight is 327 g/mol. The minimum Gasteiger partial charge on any atom is -0.0656 e. The fraction of sp³-hybridized carbons (Fsp3) is 0.130. The van der Waals surface area contributed by atoms with Gasteiger partial charge in [0.15, 0.2) is 0 Å². The Morgan fingerprint density at radius 1 is 0.500 bits per heavy atom. The zero-order valence-corrected chi connectivity index (χ0v) is 15.5. The molecule has 0 fully saturated rings. The lowest BCUT2D eigenvalue weighted by Gasteiger charge is -2.26. The van der Waals surface area contributed by atoms with E-state index in [1.54, 1.807) is 5.19 Å². The standard InChI is InChI=1S/C23H22Si/c1-24(2,3)23-21-16-10-8-14-19(21)18-13-7-9-15-20(18)22(23)17-11-5-4-6-12-17/h4-16H,1-3H3. The lowest BCUT2D eigenvalue weighted by molar-refractivity contribution is 1.66. The summed E-state index contributed by atoms with van der Waals surface area (Å²) in [5.41, 5.74) is 2.76. The van der Waals surface area contributed by atoms with Gasteiger partial charge in [-0.3, -0.25) is 0 Å². The molecule has 0 N–H and O–H groups in total. The largest absolute Gasteiger partial charge is 0.0792 e. The molecule has 4 aromatic rings. The average Bonchev–Trinajstić information content (AvgIpc) is 2.60. The van der Waals surface area contributed by atoms with Gasteiger partial charge in [-0.2, -0.15) is 0 Å². The van der Waals surface area contributed by atoms with Crippen molar-refractivity contribution < 1.29 is 0 Å². The molecule has 0 saturated carbocycles. The first-order valence-corrected chi connectivity index (χ1v) is 12.1. The van der Waals surface area contributed by atoms with E-state index in [1.165, 1.54) is 32.7 Å². The molecule has 0 aromatic heterocycles. The van der Waals surface area contributed by atoms with E-state index in [-0.39, 0.29) is 0 Å². The van der Waals surface area contributed by atoms with Gasteiger partial charge in [-0.05, 0) is 37.9 Å². The summed E-state index contributed by atoms with van der Waals surface area (Å²) in [6.45, 7) is 7.36. The van der Waals surface area contributed by atoms with E-state index < -0.39 is 8.07 Å². The van der Waals surface area contributed by atoms with E-state index in [9.17, 15) is 0 Å². The Morgan fingerprint density at radius 3 is 1.54 bits per heavy atom. The van der Waals surface area contributed by atoms with Crippen LogP contribution in [0.2, 0.25) is 19.6 Å². The van der Waals surface area contributed by atoms with E-state index in [1.807, 2.05) is 0 Å². The van der Waals surface area contributed by atoms with Crippen LogP contribution in [0.25, 0.3) is 32.7 Å². The molecule has 0 bridgehead atoms. The Morgan fingerprint density at radius 2 is 0.958 bits per heavy atom. The van der Waals surface area contributed by atoms with E-state index in [0.717, 1.165) is 0 Å². The number of fused-ring (bicyclic) bond motifs is 3. The Labute approximate surface area is 144 Å². The topological polar surface area (TPSA) is 0 Å². The smallest absolute Gasteiger partial charge is 0.0656 e. The third-order valence-electron chi connectivity index (χ3n) is 4.75. The highest BCUT2D eigenvalue weighted by Gasteiger charge is 2.25. The summed E-state index contributed by atoms with van der Waals surface area (Å²) in [5, 5.41) is 7.11. The maximum Gasteiger partial charge on any atom is 0.0792 e. The summed E-state index contributed by atoms with van der Waals surface area (Å²) in [6, 6.07) is 28.7. The third kappa shape index (κ3) is 2.37. The molecule has 1 heteroatoms. The van der Waals surface area contributed by atoms with Crippen LogP contribution in [0.3, 0.4) is 0 Å². The van der Waals surface area contributed by atoms with Crippen LogP contribution in [0.4, 0.5) is 0 Å². The van der Waals surface area contributed by atoms with Crippen molar-refractivity contribution in [3.05, 3.63) is 78.9 Å². The Kier molecular flexibility index (Phi) is 3.54. The van der Waals surface area contributed by atoms with Gasteiger partial charge >= 0.3 is 0 Å². The zero-order valence-electron chi connectivity index (χ0n) is 14.5. The molecule has 0 spiro atoms. The van der Waals surface area contributed by atoms with E-state index in [2.05, 4.69) is 98.5 Å². The van der Waals surface area contributed by atoms with Gasteiger partial charge in [0, 0.05) is 0 Å². The molecular formula is C23H22Si. The number of hydrogen-bond donors (Lipinski definition) is 0. The normalized spacial score (nSPS) is 12.0. The first-order chi connectivity index (χ1) is 11.6. The minimum atomic E-state index is -1.54. The number of rotatable bonds is 2. The summed E-state index contributed by atoms with van der Waals surface area (Å²) in [5.74, 6) is 0. The van der Waals surface area contributed by atoms with Crippen LogP contribution >= 0.6 is 0 Å². The van der Waals surface area contributed by atoms with Crippen LogP contribution < -0.4 is 5.19 Å². The second kappa shape index (κ2) is 5.61. The van der Waals surface area contributed by atoms with Crippen LogP contribution in [-0.4, -0.2) is 8.07 Å². The van der Waals surface area contributed by atoms with Crippen molar-refractivity contribution in [1.29, 1.82) is 0 Å². The SMILES string of the molecule is C[Si](C)(C)c1c(-c2ccccc2)c2ccccc2c2ccccc12. The van der Waals surface area contributed by atoms with Gasteiger partial charge in [0.25, 0.3) is 0 Å². The number of benzene rings is 4. The van der Waals surface area contributed by atoms with Crippen molar-refractivity contribution in [2.75, 3.05) is 0 Å². The van der Waals surface area contributed by atoms with Crippen LogP contribution in [0.5, 0.6) is 0 Å². The molecule has 0 aliphatic carbocycles. The van der Waals surface area contributed by atoms with E-state index >= 15 is 0 Å². The van der Waals surface area contributed by atoms with Crippen molar-refractivity contribution in [3.8, 4) is 11.1 Å². The summed E-state index contributed by atoms with van der Waals surface area (Å²) < 4.78 is 0. The number of hydrogen-bond acceptors (Lipinski definition) is 0. The van der Waals surface area contributed by atoms with Crippen molar-refractivity contribution in [2.45, 2.75) is 19.6 Å². The van der Waals surface area contributed by atoms with Gasteiger partial charge in [0.2, 0.25) is 0 Å². The molecule has 4 rings (SSSR count). The summed E-state index contributed by atoms with van der Waals surface area (Å²) in [4.78, 5) is 0. The molecule has 0 aliphatic heterocycles. The fourth-order valence-electron chi connectivity index (χ4n) is 3.82. The predicted octanol–water partition coefficient (Wildman–Crippen LogP) is 6.21. The molecule has 4 aromatic carbocycles. The van der Waals surface area contributed by atoms with Crippen LogP contribution in [-0.2, 0) is 0 Å². The highest BCUT2D eigenvalue weighted by atomic mass is 28.3. The van der Waals surface area contributed by atoms with Crippen molar-refractivity contribution in [3.63, 3.8) is 0 Å². The Balaban J connectivity index is 2.31. The molecule has 0 amide bonds. The van der Waals surface area contributed by atoms with E-state index in [0.29, 0.717) is 0 Å². The lowest BCUT2D eigenvalue weighted by Crippen LogP contribution is -2.39. The van der Waals surface area contributed by atoms with Crippen LogP contribution in [0, 0.1) is 0 Å². The lowest BCUT2D eigenvalue weighted by atomic mass is 9.93. The van der Waals surface area contributed by atoms with Gasteiger partial charge in [-0.1, -0.05) is 98.5 Å². The van der Waals surface area contributed by atoms with Crippen molar-refractivity contribution >= 4 is 34.8 Å². The molecule has 24 heavy (non-hydrogen) atoms. The summed E-state index contributed by atoms with van der Waals surface area (Å²) >= 11 is 0. The van der Waals surface area contributed by atoms with Gasteiger partial charge in [-0.15, -0.1) is 0 Å². The van der Waals surface area contributed by atoms with Gasteiger partial charge < -0.3 is 0 Å². The summed E-state index contributed by atoms with van der Waals surface area (Å²) in [6.07, 6.45) is 0. The molecule has 0 radical (unpaired) electrons. The molecule has 118 valence electrons. The maximum absolute atomic E-state index is 2.45. The van der Waals surface area contributed by atoms with Crippen molar-refractivity contribution in [1.82, 2.24) is 0 Å². The first-order valence-electron chi connectivity index (χ1n) is 8.57.